The van der Waals surface area contributed by atoms with Gasteiger partial charge in [-0.1, -0.05) is 12.1 Å². The van der Waals surface area contributed by atoms with Crippen molar-refractivity contribution >= 4 is 17.3 Å². The van der Waals surface area contributed by atoms with Gasteiger partial charge < -0.3 is 9.64 Å². The van der Waals surface area contributed by atoms with Crippen LogP contribution in [-0.2, 0) is 9.53 Å². The van der Waals surface area contributed by atoms with E-state index in [1.165, 1.54) is 6.07 Å². The maximum Gasteiger partial charge on any atom is 0.328 e. The average Bonchev–Trinajstić information content (AvgIpc) is 2.87. The number of aryl methyl sites for hydroxylation is 1. The van der Waals surface area contributed by atoms with Crippen molar-refractivity contribution in [2.24, 2.45) is 0 Å². The van der Waals surface area contributed by atoms with Crippen molar-refractivity contribution in [2.75, 3.05) is 18.1 Å². The van der Waals surface area contributed by atoms with Crippen molar-refractivity contribution in [3.8, 4) is 0 Å². The fourth-order valence-corrected chi connectivity index (χ4v) is 2.68. The largest absolute Gasteiger partial charge is 0.464 e. The zero-order valence-electron chi connectivity index (χ0n) is 11.7. The lowest BCUT2D eigenvalue weighted by Crippen LogP contribution is -2.38. The Balaban J connectivity index is 2.39. The molecule has 20 heavy (non-hydrogen) atoms. The van der Waals surface area contributed by atoms with E-state index in [1.54, 1.807) is 13.0 Å². The van der Waals surface area contributed by atoms with Crippen molar-refractivity contribution in [1.29, 1.82) is 0 Å². The summed E-state index contributed by atoms with van der Waals surface area (Å²) in [6.45, 7) is 4.53. The first-order chi connectivity index (χ1) is 9.56. The van der Waals surface area contributed by atoms with Crippen molar-refractivity contribution in [2.45, 2.75) is 32.7 Å². The smallest absolute Gasteiger partial charge is 0.328 e. The van der Waals surface area contributed by atoms with E-state index in [0.717, 1.165) is 12.0 Å². The molecule has 1 atom stereocenters. The molecule has 1 fully saturated rings. The molecule has 6 heteroatoms. The van der Waals surface area contributed by atoms with Crippen molar-refractivity contribution in [3.05, 3.63) is 33.9 Å². The first-order valence-corrected chi connectivity index (χ1v) is 6.73. The maximum absolute atomic E-state index is 12.0. The maximum atomic E-state index is 12.0. The van der Waals surface area contributed by atoms with Gasteiger partial charge in [0.25, 0.3) is 5.69 Å². The minimum atomic E-state index is -0.422. The number of rotatable bonds is 4. The number of benzene rings is 1. The summed E-state index contributed by atoms with van der Waals surface area (Å²) in [6, 6.07) is 4.53. The Kier molecular flexibility index (Phi) is 4.22. The van der Waals surface area contributed by atoms with Crippen LogP contribution in [-0.4, -0.2) is 30.1 Å². The summed E-state index contributed by atoms with van der Waals surface area (Å²) in [5.41, 5.74) is 1.38. The Morgan fingerprint density at radius 3 is 2.95 bits per heavy atom. The van der Waals surface area contributed by atoms with E-state index in [-0.39, 0.29) is 11.7 Å². The molecule has 1 aromatic carbocycles. The lowest BCUT2D eigenvalue weighted by molar-refractivity contribution is -0.384. The van der Waals surface area contributed by atoms with Crippen molar-refractivity contribution in [1.82, 2.24) is 0 Å². The molecule has 0 amide bonds. The number of carbonyl (C=O) groups excluding carboxylic acids is 1. The van der Waals surface area contributed by atoms with Gasteiger partial charge in [-0.3, -0.25) is 10.1 Å². The quantitative estimate of drug-likeness (QED) is 0.480. The third kappa shape index (κ3) is 2.59. The standard InChI is InChI=1S/C14H18N2O4/c1-3-20-14(17)12-8-5-9-15(12)13-10(2)6-4-7-11(13)16(18)19/h4,6-7,12H,3,5,8-9H2,1-2H3. The summed E-state index contributed by atoms with van der Waals surface area (Å²) < 4.78 is 5.07. The van der Waals surface area contributed by atoms with E-state index in [0.29, 0.717) is 25.3 Å². The molecule has 6 nitrogen and oxygen atoms in total. The highest BCUT2D eigenvalue weighted by Crippen LogP contribution is 2.36. The molecule has 1 saturated heterocycles. The van der Waals surface area contributed by atoms with Gasteiger partial charge in [0.1, 0.15) is 11.7 Å². The molecular formula is C14H18N2O4. The summed E-state index contributed by atoms with van der Waals surface area (Å²) in [7, 11) is 0. The molecule has 1 aliphatic heterocycles. The number of carbonyl (C=O) groups is 1. The van der Waals surface area contributed by atoms with Crippen LogP contribution in [0, 0.1) is 17.0 Å². The molecule has 108 valence electrons. The highest BCUT2D eigenvalue weighted by molar-refractivity contribution is 5.83. The second-order valence-electron chi connectivity index (χ2n) is 4.80. The second kappa shape index (κ2) is 5.90. The molecule has 2 rings (SSSR count). The van der Waals surface area contributed by atoms with Crippen LogP contribution >= 0.6 is 0 Å². The first kappa shape index (κ1) is 14.3. The predicted molar refractivity (Wildman–Crippen MR) is 74.8 cm³/mol. The topological polar surface area (TPSA) is 72.7 Å². The number of anilines is 1. The van der Waals surface area contributed by atoms with Crippen LogP contribution in [0.5, 0.6) is 0 Å². The molecule has 0 radical (unpaired) electrons. The van der Waals surface area contributed by atoms with Gasteiger partial charge in [0.2, 0.25) is 0 Å². The molecule has 0 saturated carbocycles. The van der Waals surface area contributed by atoms with Crippen LogP contribution in [0.3, 0.4) is 0 Å². The molecular weight excluding hydrogens is 260 g/mol. The molecule has 1 aliphatic rings. The number of para-hydroxylation sites is 1. The van der Waals surface area contributed by atoms with E-state index >= 15 is 0 Å². The number of esters is 1. The number of ether oxygens (including phenoxy) is 1. The predicted octanol–water partition coefficient (Wildman–Crippen LogP) is 2.44. The van der Waals surface area contributed by atoms with E-state index in [2.05, 4.69) is 0 Å². The van der Waals surface area contributed by atoms with Crippen molar-refractivity contribution in [3.63, 3.8) is 0 Å². The van der Waals surface area contributed by atoms with Gasteiger partial charge in [-0.05, 0) is 32.3 Å². The monoisotopic (exact) mass is 278 g/mol. The van der Waals surface area contributed by atoms with Crippen molar-refractivity contribution < 1.29 is 14.5 Å². The van der Waals surface area contributed by atoms with Crippen LogP contribution in [0.1, 0.15) is 25.3 Å². The summed E-state index contributed by atoms with van der Waals surface area (Å²) in [5.74, 6) is -0.303. The Bertz CT molecular complexity index is 530. The van der Waals surface area contributed by atoms with Crippen LogP contribution in [0.4, 0.5) is 11.4 Å². The number of hydrogen-bond donors (Lipinski definition) is 0. The molecule has 1 unspecified atom stereocenters. The van der Waals surface area contributed by atoms with Gasteiger partial charge in [-0.25, -0.2) is 4.79 Å². The van der Waals surface area contributed by atoms with E-state index in [1.807, 2.05) is 17.9 Å². The zero-order chi connectivity index (χ0) is 14.7. The minimum Gasteiger partial charge on any atom is -0.464 e. The van der Waals surface area contributed by atoms with Gasteiger partial charge in [0.05, 0.1) is 11.5 Å². The Hall–Kier alpha value is -2.11. The van der Waals surface area contributed by atoms with Crippen LogP contribution in [0.25, 0.3) is 0 Å². The lowest BCUT2D eigenvalue weighted by Gasteiger charge is -2.26. The molecule has 1 heterocycles. The molecule has 0 aromatic heterocycles. The molecule has 0 spiro atoms. The molecule has 0 bridgehead atoms. The third-order valence-corrected chi connectivity index (χ3v) is 3.51. The van der Waals surface area contributed by atoms with Gasteiger partial charge >= 0.3 is 5.97 Å². The SMILES string of the molecule is CCOC(=O)C1CCCN1c1c(C)cccc1[N+](=O)[O-]. The fraction of sp³-hybridized carbons (Fsp3) is 0.500. The van der Waals surface area contributed by atoms with Gasteiger partial charge in [-0.15, -0.1) is 0 Å². The van der Waals surface area contributed by atoms with E-state index in [4.69, 9.17) is 4.74 Å². The lowest BCUT2D eigenvalue weighted by atomic mass is 10.1. The number of hydrogen-bond acceptors (Lipinski definition) is 5. The van der Waals surface area contributed by atoms with E-state index in [9.17, 15) is 14.9 Å². The van der Waals surface area contributed by atoms with Gasteiger partial charge in [0.15, 0.2) is 0 Å². The highest BCUT2D eigenvalue weighted by atomic mass is 16.6. The zero-order valence-corrected chi connectivity index (χ0v) is 11.7. The summed E-state index contributed by atoms with van der Waals surface area (Å²) in [4.78, 5) is 24.6. The van der Waals surface area contributed by atoms with Crippen LogP contribution in [0.15, 0.2) is 18.2 Å². The average molecular weight is 278 g/mol. The number of nitrogens with zero attached hydrogens (tertiary/aromatic N) is 2. The Morgan fingerprint density at radius 2 is 2.30 bits per heavy atom. The third-order valence-electron chi connectivity index (χ3n) is 3.51. The summed E-state index contributed by atoms with van der Waals surface area (Å²) in [5, 5.41) is 11.2. The molecule has 0 aliphatic carbocycles. The second-order valence-corrected chi connectivity index (χ2v) is 4.80. The van der Waals surface area contributed by atoms with Gasteiger partial charge in [0, 0.05) is 12.6 Å². The van der Waals surface area contributed by atoms with Crippen LogP contribution < -0.4 is 4.90 Å². The first-order valence-electron chi connectivity index (χ1n) is 6.73. The molecule has 0 N–H and O–H groups in total. The van der Waals surface area contributed by atoms with E-state index < -0.39 is 11.0 Å². The number of nitro groups is 1. The Labute approximate surface area is 117 Å². The normalized spacial score (nSPS) is 18.1. The Morgan fingerprint density at radius 1 is 1.55 bits per heavy atom. The van der Waals surface area contributed by atoms with Crippen LogP contribution in [0.2, 0.25) is 0 Å². The fourth-order valence-electron chi connectivity index (χ4n) is 2.68. The minimum absolute atomic E-state index is 0.0428. The summed E-state index contributed by atoms with van der Waals surface area (Å²) in [6.07, 6.45) is 1.50. The van der Waals surface area contributed by atoms with Gasteiger partial charge in [-0.2, -0.15) is 0 Å². The molecule has 1 aromatic rings. The summed E-state index contributed by atoms with van der Waals surface area (Å²) >= 11 is 0. The number of nitro benzene ring substituents is 1. The highest BCUT2D eigenvalue weighted by Gasteiger charge is 2.36.